The van der Waals surface area contributed by atoms with E-state index in [0.29, 0.717) is 0 Å². The van der Waals surface area contributed by atoms with Crippen molar-refractivity contribution in [3.8, 4) is 11.1 Å². The lowest BCUT2D eigenvalue weighted by Gasteiger charge is -2.14. The summed E-state index contributed by atoms with van der Waals surface area (Å²) in [7, 11) is 5.84. The van der Waals surface area contributed by atoms with Crippen LogP contribution in [0.4, 0.5) is 0 Å². The molecule has 0 fully saturated rings. The van der Waals surface area contributed by atoms with Crippen molar-refractivity contribution in [1.29, 1.82) is 0 Å². The second kappa shape index (κ2) is 4.60. The Morgan fingerprint density at radius 2 is 1.13 bits per heavy atom. The molecular weight excluding hydrogens is 275 g/mol. The van der Waals surface area contributed by atoms with Crippen molar-refractivity contribution in [2.45, 2.75) is 0 Å². The molecule has 0 aliphatic rings. The summed E-state index contributed by atoms with van der Waals surface area (Å²) < 4.78 is 0. The molecule has 0 N–H and O–H groups in total. The van der Waals surface area contributed by atoms with Crippen LogP contribution in [0.15, 0.2) is 78.9 Å². The Bertz CT molecular complexity index is 1140. The van der Waals surface area contributed by atoms with Gasteiger partial charge in [-0.15, -0.1) is 0 Å². The van der Waals surface area contributed by atoms with E-state index < -0.39 is 0 Å². The second-order valence-electron chi connectivity index (χ2n) is 6.09. The summed E-state index contributed by atoms with van der Waals surface area (Å²) in [5.74, 6) is 0. The summed E-state index contributed by atoms with van der Waals surface area (Å²) in [4.78, 5) is 0. The first-order chi connectivity index (χ1) is 11.3. The second-order valence-corrected chi connectivity index (χ2v) is 6.09. The van der Waals surface area contributed by atoms with E-state index in [9.17, 15) is 0 Å². The highest BCUT2D eigenvalue weighted by Gasteiger charge is 2.11. The van der Waals surface area contributed by atoms with Gasteiger partial charge < -0.3 is 0 Å². The van der Waals surface area contributed by atoms with Gasteiger partial charge in [0, 0.05) is 0 Å². The molecule has 0 heterocycles. The fraction of sp³-hybridized carbons (Fsp3) is 0. The van der Waals surface area contributed by atoms with Crippen LogP contribution in [-0.4, -0.2) is 7.85 Å². The topological polar surface area (TPSA) is 0 Å². The Morgan fingerprint density at radius 1 is 0.522 bits per heavy atom. The highest BCUT2D eigenvalue weighted by atomic mass is 14.1. The summed E-state index contributed by atoms with van der Waals surface area (Å²) in [6, 6.07) is 28.0. The Labute approximate surface area is 136 Å². The van der Waals surface area contributed by atoms with E-state index in [0.717, 1.165) is 5.46 Å². The summed E-state index contributed by atoms with van der Waals surface area (Å²) in [6.07, 6.45) is 0. The van der Waals surface area contributed by atoms with Gasteiger partial charge in [-0.3, -0.25) is 0 Å². The molecule has 0 nitrogen and oxygen atoms in total. The van der Waals surface area contributed by atoms with Gasteiger partial charge in [-0.1, -0.05) is 84.3 Å². The van der Waals surface area contributed by atoms with Crippen LogP contribution in [0.1, 0.15) is 0 Å². The average molecular weight is 288 g/mol. The van der Waals surface area contributed by atoms with Crippen LogP contribution in [-0.2, 0) is 0 Å². The molecule has 0 bridgehead atoms. The lowest BCUT2D eigenvalue weighted by molar-refractivity contribution is 1.69. The van der Waals surface area contributed by atoms with Gasteiger partial charge in [-0.25, -0.2) is 0 Å². The minimum Gasteiger partial charge on any atom is -0.0966 e. The van der Waals surface area contributed by atoms with Gasteiger partial charge in [-0.2, -0.15) is 0 Å². The molecule has 0 amide bonds. The molecule has 1 heteroatoms. The molecule has 5 aromatic rings. The minimum absolute atomic E-state index is 0.798. The molecular formula is C22H13B. The van der Waals surface area contributed by atoms with E-state index in [-0.39, 0.29) is 0 Å². The molecule has 2 radical (unpaired) electrons. The van der Waals surface area contributed by atoms with Crippen LogP contribution in [0.2, 0.25) is 0 Å². The van der Waals surface area contributed by atoms with Gasteiger partial charge >= 0.3 is 0 Å². The fourth-order valence-electron chi connectivity index (χ4n) is 3.65. The molecule has 104 valence electrons. The Morgan fingerprint density at radius 3 is 1.87 bits per heavy atom. The van der Waals surface area contributed by atoms with Crippen molar-refractivity contribution < 1.29 is 0 Å². The Hall–Kier alpha value is -2.80. The molecule has 0 saturated heterocycles. The molecule has 0 saturated carbocycles. The molecule has 23 heavy (non-hydrogen) atoms. The number of benzene rings is 5. The fourth-order valence-corrected chi connectivity index (χ4v) is 3.65. The first-order valence-corrected chi connectivity index (χ1v) is 7.84. The third-order valence-electron chi connectivity index (χ3n) is 4.75. The van der Waals surface area contributed by atoms with Crippen molar-refractivity contribution in [3.63, 3.8) is 0 Å². The normalized spacial score (nSPS) is 11.7. The maximum atomic E-state index is 5.84. The zero-order valence-electron chi connectivity index (χ0n) is 12.6. The lowest BCUT2D eigenvalue weighted by atomic mass is 9.88. The van der Waals surface area contributed by atoms with Crippen molar-refractivity contribution in [2.24, 2.45) is 0 Å². The van der Waals surface area contributed by atoms with E-state index in [1.54, 1.807) is 0 Å². The van der Waals surface area contributed by atoms with Gasteiger partial charge in [0.1, 0.15) is 7.85 Å². The Kier molecular flexibility index (Phi) is 2.54. The smallest absolute Gasteiger partial charge is 0.0966 e. The van der Waals surface area contributed by atoms with Crippen LogP contribution >= 0.6 is 0 Å². The maximum absolute atomic E-state index is 5.84. The molecule has 0 spiro atoms. The van der Waals surface area contributed by atoms with Gasteiger partial charge in [0.2, 0.25) is 0 Å². The molecule has 0 aliphatic carbocycles. The predicted octanol–water partition coefficient (Wildman–Crippen LogP) is 5.04. The SMILES string of the molecule is [B]c1ccc(-c2ccc3ccc4cccc5ccc2c3c45)cc1. The van der Waals surface area contributed by atoms with Gasteiger partial charge in [0.15, 0.2) is 0 Å². The quantitative estimate of drug-likeness (QED) is 0.299. The highest BCUT2D eigenvalue weighted by Crippen LogP contribution is 2.38. The van der Waals surface area contributed by atoms with E-state index in [1.807, 2.05) is 12.1 Å². The number of rotatable bonds is 1. The first-order valence-electron chi connectivity index (χ1n) is 7.84. The first kappa shape index (κ1) is 12.7. The lowest BCUT2D eigenvalue weighted by Crippen LogP contribution is -1.99. The minimum atomic E-state index is 0.798. The summed E-state index contributed by atoms with van der Waals surface area (Å²) in [6.45, 7) is 0. The summed E-state index contributed by atoms with van der Waals surface area (Å²) in [5.41, 5.74) is 3.26. The summed E-state index contributed by atoms with van der Waals surface area (Å²) >= 11 is 0. The van der Waals surface area contributed by atoms with Crippen LogP contribution in [0.5, 0.6) is 0 Å². The number of hydrogen-bond acceptors (Lipinski definition) is 0. The molecule has 0 aliphatic heterocycles. The molecule has 0 aromatic heterocycles. The van der Waals surface area contributed by atoms with E-state index in [4.69, 9.17) is 7.85 Å². The van der Waals surface area contributed by atoms with Gasteiger partial charge in [0.25, 0.3) is 0 Å². The van der Waals surface area contributed by atoms with Crippen molar-refractivity contribution in [1.82, 2.24) is 0 Å². The van der Waals surface area contributed by atoms with Crippen LogP contribution < -0.4 is 5.46 Å². The predicted molar refractivity (Wildman–Crippen MR) is 101 cm³/mol. The van der Waals surface area contributed by atoms with Gasteiger partial charge in [0.05, 0.1) is 0 Å². The van der Waals surface area contributed by atoms with Crippen molar-refractivity contribution >= 4 is 45.6 Å². The van der Waals surface area contributed by atoms with E-state index >= 15 is 0 Å². The third kappa shape index (κ3) is 1.80. The highest BCUT2D eigenvalue weighted by molar-refractivity contribution is 6.32. The number of hydrogen-bond donors (Lipinski definition) is 0. The molecule has 5 aromatic carbocycles. The van der Waals surface area contributed by atoms with Crippen molar-refractivity contribution in [3.05, 3.63) is 78.9 Å². The monoisotopic (exact) mass is 288 g/mol. The van der Waals surface area contributed by atoms with Gasteiger partial charge in [-0.05, 0) is 43.4 Å². The maximum Gasteiger partial charge on any atom is 0.113 e. The standard InChI is InChI=1S/C22H13B/c23-18-10-6-14(7-11-18)19-12-8-17-5-4-15-2-1-3-16-9-13-20(19)22(17)21(15)16/h1-13H. The van der Waals surface area contributed by atoms with E-state index in [2.05, 4.69) is 66.7 Å². The molecule has 5 rings (SSSR count). The largest absolute Gasteiger partial charge is 0.113 e. The third-order valence-corrected chi connectivity index (χ3v) is 4.75. The zero-order valence-corrected chi connectivity index (χ0v) is 12.6. The zero-order chi connectivity index (χ0) is 15.4. The van der Waals surface area contributed by atoms with Crippen LogP contribution in [0.25, 0.3) is 43.4 Å². The average Bonchev–Trinajstić information content (AvgIpc) is 2.60. The van der Waals surface area contributed by atoms with E-state index in [1.165, 1.54) is 43.4 Å². The Balaban J connectivity index is 1.96. The van der Waals surface area contributed by atoms with Crippen molar-refractivity contribution in [2.75, 3.05) is 0 Å². The van der Waals surface area contributed by atoms with Crippen LogP contribution in [0, 0.1) is 0 Å². The molecule has 0 atom stereocenters. The summed E-state index contributed by atoms with van der Waals surface area (Å²) in [5, 5.41) is 7.92. The molecule has 0 unspecified atom stereocenters. The van der Waals surface area contributed by atoms with Crippen LogP contribution in [0.3, 0.4) is 0 Å².